The maximum Gasteiger partial charge on any atom is 0.242 e. The van der Waals surface area contributed by atoms with Gasteiger partial charge in [-0.1, -0.05) is 11.6 Å². The van der Waals surface area contributed by atoms with Gasteiger partial charge in [-0.2, -0.15) is 5.26 Å². The highest BCUT2D eigenvalue weighted by Crippen LogP contribution is 2.23. The summed E-state index contributed by atoms with van der Waals surface area (Å²) in [5.41, 5.74) is 0.0286. The van der Waals surface area contributed by atoms with Gasteiger partial charge in [0.25, 0.3) is 0 Å². The fraction of sp³-hybridized carbons (Fsp3) is 0.462. The molecule has 1 saturated carbocycles. The average molecular weight is 315 g/mol. The molecule has 0 bridgehead atoms. The summed E-state index contributed by atoms with van der Waals surface area (Å²) in [5.74, 6) is 0. The van der Waals surface area contributed by atoms with Crippen LogP contribution in [0.3, 0.4) is 0 Å². The lowest BCUT2D eigenvalue weighted by Crippen LogP contribution is -2.38. The van der Waals surface area contributed by atoms with Crippen LogP contribution in [0.2, 0.25) is 5.02 Å². The highest BCUT2D eigenvalue weighted by molar-refractivity contribution is 7.89. The quantitative estimate of drug-likeness (QED) is 0.890. The monoisotopic (exact) mass is 314 g/mol. The molecule has 0 atom stereocenters. The van der Waals surface area contributed by atoms with Crippen LogP contribution in [0.25, 0.3) is 0 Å². The molecule has 0 heterocycles. The summed E-state index contributed by atoms with van der Waals surface area (Å²) in [6.45, 7) is 0. The lowest BCUT2D eigenvalue weighted by Gasteiger charge is -2.26. The molecule has 2 rings (SSSR count). The van der Waals surface area contributed by atoms with Gasteiger partial charge in [0.2, 0.25) is 10.0 Å². The van der Waals surface area contributed by atoms with Crippen molar-refractivity contribution in [3.05, 3.63) is 28.8 Å². The van der Waals surface area contributed by atoms with E-state index in [9.17, 15) is 13.5 Å². The van der Waals surface area contributed by atoms with Crippen molar-refractivity contribution in [2.45, 2.75) is 42.7 Å². The number of halogens is 1. The van der Waals surface area contributed by atoms with Gasteiger partial charge in [-0.05, 0) is 43.9 Å². The molecular weight excluding hydrogens is 300 g/mol. The third-order valence-electron chi connectivity index (χ3n) is 3.37. The van der Waals surface area contributed by atoms with E-state index in [-0.39, 0.29) is 22.6 Å². The second kappa shape index (κ2) is 6.10. The Morgan fingerprint density at radius 3 is 2.55 bits per heavy atom. The van der Waals surface area contributed by atoms with Crippen LogP contribution >= 0.6 is 11.6 Å². The van der Waals surface area contributed by atoms with Crippen molar-refractivity contribution in [2.24, 2.45) is 0 Å². The Hall–Kier alpha value is -1.13. The van der Waals surface area contributed by atoms with E-state index < -0.39 is 10.0 Å². The minimum atomic E-state index is -3.75. The number of nitrogens with zero attached hydrogens (tertiary/aromatic N) is 1. The van der Waals surface area contributed by atoms with E-state index in [4.69, 9.17) is 16.9 Å². The van der Waals surface area contributed by atoms with Gasteiger partial charge < -0.3 is 5.11 Å². The number of aliphatic hydroxyl groups excluding tert-OH is 1. The topological polar surface area (TPSA) is 90.2 Å². The van der Waals surface area contributed by atoms with Crippen molar-refractivity contribution in [3.8, 4) is 6.07 Å². The van der Waals surface area contributed by atoms with Gasteiger partial charge in [-0.3, -0.25) is 0 Å². The van der Waals surface area contributed by atoms with Crippen molar-refractivity contribution in [3.63, 3.8) is 0 Å². The molecule has 0 spiro atoms. The summed E-state index contributed by atoms with van der Waals surface area (Å²) in [5, 5.41) is 18.8. The fourth-order valence-corrected chi connectivity index (χ4v) is 3.92. The normalized spacial score (nSPS) is 23.2. The van der Waals surface area contributed by atoms with E-state index in [1.165, 1.54) is 18.2 Å². The zero-order valence-corrected chi connectivity index (χ0v) is 12.3. The molecule has 2 N–H and O–H groups in total. The summed E-state index contributed by atoms with van der Waals surface area (Å²) in [6.07, 6.45) is 2.00. The molecule has 1 aliphatic carbocycles. The molecule has 0 unspecified atom stereocenters. The van der Waals surface area contributed by atoms with Gasteiger partial charge in [0.15, 0.2) is 0 Å². The predicted molar refractivity (Wildman–Crippen MR) is 74.8 cm³/mol. The Kier molecular flexibility index (Phi) is 4.66. The Bertz CT molecular complexity index is 632. The standard InChI is InChI=1S/C13H15ClN2O3S/c14-10-1-6-13(9(7-10)8-15)20(18,19)16-11-2-4-12(17)5-3-11/h1,6-7,11-12,16-17H,2-5H2. The largest absolute Gasteiger partial charge is 0.393 e. The molecule has 0 aliphatic heterocycles. The van der Waals surface area contributed by atoms with E-state index in [2.05, 4.69) is 4.72 Å². The number of nitrogens with one attached hydrogen (secondary N) is 1. The summed E-state index contributed by atoms with van der Waals surface area (Å²) < 4.78 is 27.2. The Balaban J connectivity index is 2.21. The molecule has 0 saturated heterocycles. The van der Waals surface area contributed by atoms with Crippen LogP contribution in [0, 0.1) is 11.3 Å². The van der Waals surface area contributed by atoms with Crippen LogP contribution in [0.1, 0.15) is 31.2 Å². The lowest BCUT2D eigenvalue weighted by atomic mass is 9.94. The van der Waals surface area contributed by atoms with Crippen LogP contribution in [0.5, 0.6) is 0 Å². The highest BCUT2D eigenvalue weighted by atomic mass is 35.5. The zero-order chi connectivity index (χ0) is 14.8. The summed E-state index contributed by atoms with van der Waals surface area (Å²) in [6, 6.07) is 5.75. The highest BCUT2D eigenvalue weighted by Gasteiger charge is 2.26. The second-order valence-corrected chi connectivity index (χ2v) is 7.00. The van der Waals surface area contributed by atoms with E-state index in [1.807, 2.05) is 6.07 Å². The first-order chi connectivity index (χ1) is 9.42. The summed E-state index contributed by atoms with van der Waals surface area (Å²) >= 11 is 5.76. The molecule has 1 fully saturated rings. The van der Waals surface area contributed by atoms with Gasteiger partial charge >= 0.3 is 0 Å². The van der Waals surface area contributed by atoms with Gasteiger partial charge in [-0.15, -0.1) is 0 Å². The molecule has 20 heavy (non-hydrogen) atoms. The number of hydrogen-bond acceptors (Lipinski definition) is 4. The number of hydrogen-bond donors (Lipinski definition) is 2. The predicted octanol–water partition coefficient (Wildman–Crippen LogP) is 1.79. The molecule has 0 amide bonds. The maximum atomic E-state index is 12.3. The number of aliphatic hydroxyl groups is 1. The van der Waals surface area contributed by atoms with Crippen molar-refractivity contribution >= 4 is 21.6 Å². The van der Waals surface area contributed by atoms with Crippen LogP contribution in [-0.2, 0) is 10.0 Å². The molecule has 108 valence electrons. The molecule has 1 aromatic carbocycles. The average Bonchev–Trinajstić information content (AvgIpc) is 2.40. The second-order valence-electron chi connectivity index (χ2n) is 4.88. The van der Waals surface area contributed by atoms with Crippen molar-refractivity contribution < 1.29 is 13.5 Å². The van der Waals surface area contributed by atoms with Crippen molar-refractivity contribution in [1.29, 1.82) is 5.26 Å². The first-order valence-corrected chi connectivity index (χ1v) is 8.18. The Morgan fingerprint density at radius 1 is 1.30 bits per heavy atom. The van der Waals surface area contributed by atoms with Crippen molar-refractivity contribution in [1.82, 2.24) is 4.72 Å². The van der Waals surface area contributed by atoms with Crippen LogP contribution in [0.4, 0.5) is 0 Å². The molecule has 1 aliphatic rings. The summed E-state index contributed by atoms with van der Waals surface area (Å²) in [4.78, 5) is -0.0597. The van der Waals surface area contributed by atoms with E-state index >= 15 is 0 Å². The molecule has 0 radical (unpaired) electrons. The van der Waals surface area contributed by atoms with Crippen LogP contribution < -0.4 is 4.72 Å². The molecule has 7 heteroatoms. The minimum absolute atomic E-state index is 0.0286. The van der Waals surface area contributed by atoms with Crippen LogP contribution in [-0.4, -0.2) is 25.7 Å². The molecule has 0 aromatic heterocycles. The number of benzene rings is 1. The third-order valence-corrected chi connectivity index (χ3v) is 5.18. The molecule has 1 aromatic rings. The first-order valence-electron chi connectivity index (χ1n) is 6.32. The van der Waals surface area contributed by atoms with Crippen LogP contribution in [0.15, 0.2) is 23.1 Å². The number of rotatable bonds is 3. The van der Waals surface area contributed by atoms with Gasteiger partial charge in [-0.25, -0.2) is 13.1 Å². The first kappa shape index (κ1) is 15.3. The zero-order valence-electron chi connectivity index (χ0n) is 10.7. The van der Waals surface area contributed by atoms with Gasteiger partial charge in [0, 0.05) is 11.1 Å². The number of sulfonamides is 1. The van der Waals surface area contributed by atoms with E-state index in [0.29, 0.717) is 30.7 Å². The van der Waals surface area contributed by atoms with E-state index in [1.54, 1.807) is 0 Å². The fourth-order valence-electron chi connectivity index (χ4n) is 2.30. The van der Waals surface area contributed by atoms with Gasteiger partial charge in [0.1, 0.15) is 6.07 Å². The lowest BCUT2D eigenvalue weighted by molar-refractivity contribution is 0.120. The Labute approximate surface area is 123 Å². The molecular formula is C13H15ClN2O3S. The SMILES string of the molecule is N#Cc1cc(Cl)ccc1S(=O)(=O)NC1CCC(O)CC1. The van der Waals surface area contributed by atoms with Gasteiger partial charge in [0.05, 0.1) is 16.6 Å². The Morgan fingerprint density at radius 2 is 1.95 bits per heavy atom. The molecule has 5 nitrogen and oxygen atoms in total. The van der Waals surface area contributed by atoms with E-state index in [0.717, 1.165) is 0 Å². The number of nitriles is 1. The van der Waals surface area contributed by atoms with Crippen molar-refractivity contribution in [2.75, 3.05) is 0 Å². The summed E-state index contributed by atoms with van der Waals surface area (Å²) in [7, 11) is -3.75. The smallest absolute Gasteiger partial charge is 0.242 e. The maximum absolute atomic E-state index is 12.3. The minimum Gasteiger partial charge on any atom is -0.393 e. The third kappa shape index (κ3) is 3.49.